The molecular weight excluding hydrogens is 428 g/mol. The van der Waals surface area contributed by atoms with Crippen molar-refractivity contribution < 1.29 is 18.7 Å². The minimum atomic E-state index is -0.510. The molecule has 0 bridgehead atoms. The minimum Gasteiger partial charge on any atom is -0.465 e. The summed E-state index contributed by atoms with van der Waals surface area (Å²) in [4.78, 5) is 30.5. The Morgan fingerprint density at radius 3 is 2.65 bits per heavy atom. The van der Waals surface area contributed by atoms with Crippen LogP contribution in [0, 0.1) is 0 Å². The summed E-state index contributed by atoms with van der Waals surface area (Å²) >= 11 is 0. The molecule has 6 nitrogen and oxygen atoms in total. The van der Waals surface area contributed by atoms with Gasteiger partial charge in [-0.1, -0.05) is 48.5 Å². The number of pyridine rings is 1. The molecule has 0 radical (unpaired) electrons. The van der Waals surface area contributed by atoms with E-state index in [9.17, 15) is 9.59 Å². The molecular formula is C28H24N2O4. The number of benzene rings is 2. The highest BCUT2D eigenvalue weighted by Gasteiger charge is 2.26. The van der Waals surface area contributed by atoms with Crippen LogP contribution < -0.4 is 5.32 Å². The lowest BCUT2D eigenvalue weighted by molar-refractivity contribution is -0.124. The van der Waals surface area contributed by atoms with E-state index in [0.717, 1.165) is 46.4 Å². The number of nitrogens with one attached hydrogen (secondary N) is 1. The first-order valence-corrected chi connectivity index (χ1v) is 11.3. The fourth-order valence-electron chi connectivity index (χ4n) is 4.30. The normalized spacial score (nSPS) is 14.1. The Morgan fingerprint density at radius 2 is 1.82 bits per heavy atom. The molecule has 0 spiro atoms. The van der Waals surface area contributed by atoms with Gasteiger partial charge in [0, 0.05) is 11.9 Å². The summed E-state index contributed by atoms with van der Waals surface area (Å²) in [5.41, 5.74) is 4.86. The molecule has 2 aromatic carbocycles. The first kappa shape index (κ1) is 21.6. The minimum absolute atomic E-state index is 0.341. The highest BCUT2D eigenvalue weighted by molar-refractivity contribution is 6.07. The van der Waals surface area contributed by atoms with Crippen LogP contribution >= 0.6 is 0 Å². The number of ether oxygens (including phenoxy) is 1. The number of carbonyl (C=O) groups excluding carboxylic acids is 2. The number of hydrogen-bond acceptors (Lipinski definition) is 5. The zero-order valence-corrected chi connectivity index (χ0v) is 18.6. The van der Waals surface area contributed by atoms with Gasteiger partial charge in [-0.05, 0) is 60.2 Å². The van der Waals surface area contributed by atoms with Gasteiger partial charge in [0.05, 0.1) is 23.0 Å². The molecule has 5 rings (SSSR count). The van der Waals surface area contributed by atoms with E-state index < -0.39 is 5.97 Å². The summed E-state index contributed by atoms with van der Waals surface area (Å²) in [6, 6.07) is 20.9. The standard InChI is InChI=1S/C28H24N2O4/c31-25(29-17-19-8-2-1-3-9-19)18-34-28(32)26-22-12-4-5-14-24(22)30-27-20(10-6-13-23(26)27)16-21-11-7-15-33-21/h1-5,7-9,11-12,14-16H,6,10,13,17-18H2,(H,29,31)/b20-16-. The summed E-state index contributed by atoms with van der Waals surface area (Å²) in [5, 5.41) is 3.52. The summed E-state index contributed by atoms with van der Waals surface area (Å²) in [7, 11) is 0. The maximum absolute atomic E-state index is 13.3. The van der Waals surface area contributed by atoms with Crippen LogP contribution in [0.15, 0.2) is 77.4 Å². The molecule has 34 heavy (non-hydrogen) atoms. The van der Waals surface area contributed by atoms with Crippen LogP contribution in [-0.2, 0) is 22.5 Å². The molecule has 4 aromatic rings. The number of allylic oxidation sites excluding steroid dienone is 1. The molecule has 1 aliphatic carbocycles. The van der Waals surface area contributed by atoms with Crippen LogP contribution in [0.25, 0.3) is 22.6 Å². The average Bonchev–Trinajstić information content (AvgIpc) is 3.39. The topological polar surface area (TPSA) is 81.4 Å². The smallest absolute Gasteiger partial charge is 0.339 e. The van der Waals surface area contributed by atoms with Crippen LogP contribution in [0.4, 0.5) is 0 Å². The molecule has 1 amide bonds. The quantitative estimate of drug-likeness (QED) is 0.408. The molecule has 0 saturated heterocycles. The van der Waals surface area contributed by atoms with Gasteiger partial charge < -0.3 is 14.5 Å². The summed E-state index contributed by atoms with van der Waals surface area (Å²) in [6.07, 6.45) is 6.06. The third-order valence-electron chi connectivity index (χ3n) is 5.90. The molecule has 0 aliphatic heterocycles. The molecule has 170 valence electrons. The maximum atomic E-state index is 13.3. The number of para-hydroxylation sites is 1. The molecule has 0 unspecified atom stereocenters. The number of esters is 1. The van der Waals surface area contributed by atoms with Gasteiger partial charge in [0.1, 0.15) is 5.76 Å². The lowest BCUT2D eigenvalue weighted by atomic mass is 9.86. The Labute approximate surface area is 197 Å². The van der Waals surface area contributed by atoms with Crippen molar-refractivity contribution in [2.75, 3.05) is 6.61 Å². The molecule has 0 fully saturated rings. The van der Waals surface area contributed by atoms with E-state index in [1.54, 1.807) is 6.26 Å². The van der Waals surface area contributed by atoms with E-state index in [0.29, 0.717) is 24.0 Å². The van der Waals surface area contributed by atoms with Crippen LogP contribution in [-0.4, -0.2) is 23.5 Å². The fraction of sp³-hybridized carbons (Fsp3) is 0.179. The molecule has 1 N–H and O–H groups in total. The van der Waals surface area contributed by atoms with Gasteiger partial charge in [0.2, 0.25) is 0 Å². The summed E-state index contributed by atoms with van der Waals surface area (Å²) in [6.45, 7) is 0.0396. The number of furan rings is 1. The predicted molar refractivity (Wildman–Crippen MR) is 130 cm³/mol. The largest absolute Gasteiger partial charge is 0.465 e. The highest BCUT2D eigenvalue weighted by Crippen LogP contribution is 2.36. The SMILES string of the molecule is O=C(COC(=O)c1c2c(nc3ccccc13)/C(=C\c1ccco1)CCC2)NCc1ccccc1. The first-order chi connectivity index (χ1) is 16.7. The van der Waals surface area contributed by atoms with Crippen molar-refractivity contribution in [1.82, 2.24) is 10.3 Å². The predicted octanol–water partition coefficient (Wildman–Crippen LogP) is 5.18. The van der Waals surface area contributed by atoms with E-state index in [-0.39, 0.29) is 12.5 Å². The fourth-order valence-corrected chi connectivity index (χ4v) is 4.30. The van der Waals surface area contributed by atoms with Crippen LogP contribution in [0.1, 0.15) is 45.8 Å². The van der Waals surface area contributed by atoms with Crippen LogP contribution in [0.5, 0.6) is 0 Å². The number of nitrogens with zero attached hydrogens (tertiary/aromatic N) is 1. The monoisotopic (exact) mass is 452 g/mol. The zero-order chi connectivity index (χ0) is 23.3. The Balaban J connectivity index is 1.41. The second-order valence-electron chi connectivity index (χ2n) is 8.21. The molecule has 2 heterocycles. The average molecular weight is 453 g/mol. The Kier molecular flexibility index (Phi) is 6.21. The maximum Gasteiger partial charge on any atom is 0.339 e. The Hall–Kier alpha value is -4.19. The van der Waals surface area contributed by atoms with Gasteiger partial charge in [-0.2, -0.15) is 0 Å². The third-order valence-corrected chi connectivity index (χ3v) is 5.90. The van der Waals surface area contributed by atoms with E-state index in [1.807, 2.05) is 72.8 Å². The second-order valence-corrected chi connectivity index (χ2v) is 8.21. The number of aromatic nitrogens is 1. The molecule has 0 atom stereocenters. The van der Waals surface area contributed by atoms with E-state index in [1.165, 1.54) is 0 Å². The molecule has 6 heteroatoms. The van der Waals surface area contributed by atoms with Gasteiger partial charge in [-0.25, -0.2) is 9.78 Å². The van der Waals surface area contributed by atoms with Crippen LogP contribution in [0.2, 0.25) is 0 Å². The highest BCUT2D eigenvalue weighted by atomic mass is 16.5. The third kappa shape index (κ3) is 4.62. The number of rotatable bonds is 6. The number of carbonyl (C=O) groups is 2. The summed E-state index contributed by atoms with van der Waals surface area (Å²) in [5.74, 6) is -0.108. The molecule has 0 saturated carbocycles. The van der Waals surface area contributed by atoms with Gasteiger partial charge in [0.25, 0.3) is 5.91 Å². The lowest BCUT2D eigenvalue weighted by Crippen LogP contribution is -2.28. The van der Waals surface area contributed by atoms with Crippen molar-refractivity contribution in [3.63, 3.8) is 0 Å². The van der Waals surface area contributed by atoms with E-state index in [4.69, 9.17) is 14.1 Å². The molecule has 2 aromatic heterocycles. The van der Waals surface area contributed by atoms with Crippen molar-refractivity contribution in [2.24, 2.45) is 0 Å². The summed E-state index contributed by atoms with van der Waals surface area (Å²) < 4.78 is 11.0. The van der Waals surface area contributed by atoms with Gasteiger partial charge in [-0.3, -0.25) is 4.79 Å². The van der Waals surface area contributed by atoms with Crippen molar-refractivity contribution in [3.05, 3.63) is 101 Å². The Morgan fingerprint density at radius 1 is 1.00 bits per heavy atom. The number of hydrogen-bond donors (Lipinski definition) is 1. The number of fused-ring (bicyclic) bond motifs is 2. The first-order valence-electron chi connectivity index (χ1n) is 11.3. The molecule has 1 aliphatic rings. The van der Waals surface area contributed by atoms with Gasteiger partial charge in [-0.15, -0.1) is 0 Å². The van der Waals surface area contributed by atoms with Crippen molar-refractivity contribution in [1.29, 1.82) is 0 Å². The van der Waals surface area contributed by atoms with E-state index >= 15 is 0 Å². The van der Waals surface area contributed by atoms with Crippen molar-refractivity contribution in [3.8, 4) is 0 Å². The lowest BCUT2D eigenvalue weighted by Gasteiger charge is -2.22. The van der Waals surface area contributed by atoms with E-state index in [2.05, 4.69) is 5.32 Å². The van der Waals surface area contributed by atoms with Crippen LogP contribution in [0.3, 0.4) is 0 Å². The van der Waals surface area contributed by atoms with Crippen molar-refractivity contribution in [2.45, 2.75) is 25.8 Å². The Bertz CT molecular complexity index is 1360. The van der Waals surface area contributed by atoms with Gasteiger partial charge >= 0.3 is 5.97 Å². The zero-order valence-electron chi connectivity index (χ0n) is 18.6. The number of amides is 1. The van der Waals surface area contributed by atoms with Crippen molar-refractivity contribution >= 4 is 34.4 Å². The van der Waals surface area contributed by atoms with Gasteiger partial charge in [0.15, 0.2) is 6.61 Å². The second kappa shape index (κ2) is 9.75.